The molecule has 0 amide bonds. The van der Waals surface area contributed by atoms with Crippen molar-refractivity contribution in [2.45, 2.75) is 19.4 Å². The molecule has 0 aliphatic rings. The van der Waals surface area contributed by atoms with E-state index in [4.69, 9.17) is 9.84 Å². The highest BCUT2D eigenvalue weighted by atomic mass is 16.5. The average Bonchev–Trinajstić information content (AvgIpc) is 2.19. The van der Waals surface area contributed by atoms with Crippen molar-refractivity contribution < 1.29 is 14.9 Å². The maximum Gasteiger partial charge on any atom is 0.119 e. The smallest absolute Gasteiger partial charge is 0.119 e. The summed E-state index contributed by atoms with van der Waals surface area (Å²) in [5, 5.41) is 17.8. The summed E-state index contributed by atoms with van der Waals surface area (Å²) in [5.41, 5.74) is 0.875. The maximum atomic E-state index is 9.25. The van der Waals surface area contributed by atoms with Crippen LogP contribution in [0.5, 0.6) is 5.75 Å². The van der Waals surface area contributed by atoms with Crippen LogP contribution in [0.15, 0.2) is 24.3 Å². The molecular weight excluding hydrogens is 180 g/mol. The van der Waals surface area contributed by atoms with E-state index in [1.54, 1.807) is 6.92 Å². The third-order valence-corrected chi connectivity index (χ3v) is 1.93. The molecule has 0 aromatic heterocycles. The molecule has 0 spiro atoms. The van der Waals surface area contributed by atoms with Gasteiger partial charge in [-0.25, -0.2) is 0 Å². The predicted molar refractivity (Wildman–Crippen MR) is 54.3 cm³/mol. The summed E-state index contributed by atoms with van der Waals surface area (Å²) in [6, 6.07) is 7.30. The summed E-state index contributed by atoms with van der Waals surface area (Å²) in [7, 11) is 0. The normalized spacial score (nSPS) is 12.5. The van der Waals surface area contributed by atoms with Gasteiger partial charge in [0.05, 0.1) is 12.7 Å². The third-order valence-electron chi connectivity index (χ3n) is 1.93. The Hall–Kier alpha value is -1.06. The molecule has 0 fully saturated rings. The van der Waals surface area contributed by atoms with Gasteiger partial charge in [-0.3, -0.25) is 0 Å². The standard InChI is InChI=1S/C11H16O3/c1-9(13)10-3-5-11(6-4-10)14-8-2-7-12/h3-6,9,12-13H,2,7-8H2,1H3. The fourth-order valence-corrected chi connectivity index (χ4v) is 1.10. The Morgan fingerprint density at radius 2 is 1.93 bits per heavy atom. The number of hydrogen-bond acceptors (Lipinski definition) is 3. The number of rotatable bonds is 5. The van der Waals surface area contributed by atoms with Crippen molar-refractivity contribution >= 4 is 0 Å². The largest absolute Gasteiger partial charge is 0.494 e. The van der Waals surface area contributed by atoms with Crippen LogP contribution in [0.2, 0.25) is 0 Å². The monoisotopic (exact) mass is 196 g/mol. The number of hydrogen-bond donors (Lipinski definition) is 2. The van der Waals surface area contributed by atoms with Crippen LogP contribution < -0.4 is 4.74 Å². The number of aliphatic hydroxyl groups excluding tert-OH is 2. The minimum atomic E-state index is -0.443. The molecule has 14 heavy (non-hydrogen) atoms. The van der Waals surface area contributed by atoms with E-state index < -0.39 is 6.10 Å². The van der Waals surface area contributed by atoms with Crippen LogP contribution in [-0.2, 0) is 0 Å². The minimum absolute atomic E-state index is 0.145. The lowest BCUT2D eigenvalue weighted by atomic mass is 10.1. The second-order valence-corrected chi connectivity index (χ2v) is 3.17. The lowest BCUT2D eigenvalue weighted by Gasteiger charge is -2.07. The molecule has 0 saturated carbocycles. The van der Waals surface area contributed by atoms with E-state index in [9.17, 15) is 5.11 Å². The molecule has 0 radical (unpaired) electrons. The van der Waals surface area contributed by atoms with Crippen LogP contribution in [-0.4, -0.2) is 23.4 Å². The zero-order valence-electron chi connectivity index (χ0n) is 8.31. The zero-order valence-corrected chi connectivity index (χ0v) is 8.31. The van der Waals surface area contributed by atoms with Crippen LogP contribution in [0, 0.1) is 0 Å². The van der Waals surface area contributed by atoms with Crippen LogP contribution in [0.3, 0.4) is 0 Å². The van der Waals surface area contributed by atoms with Crippen LogP contribution in [0.1, 0.15) is 25.0 Å². The van der Waals surface area contributed by atoms with Crippen molar-refractivity contribution in [3.05, 3.63) is 29.8 Å². The van der Waals surface area contributed by atoms with Gasteiger partial charge in [0.2, 0.25) is 0 Å². The molecule has 0 heterocycles. The maximum absolute atomic E-state index is 9.25. The first-order valence-electron chi connectivity index (χ1n) is 4.75. The molecule has 3 heteroatoms. The van der Waals surface area contributed by atoms with Gasteiger partial charge >= 0.3 is 0 Å². The Kier molecular flexibility index (Phi) is 4.43. The summed E-state index contributed by atoms with van der Waals surface area (Å²) in [6.07, 6.45) is 0.194. The lowest BCUT2D eigenvalue weighted by Crippen LogP contribution is -1.99. The first-order valence-corrected chi connectivity index (χ1v) is 4.75. The molecule has 3 nitrogen and oxygen atoms in total. The van der Waals surface area contributed by atoms with Crippen molar-refractivity contribution in [3.8, 4) is 5.75 Å². The first kappa shape index (κ1) is 11.0. The summed E-state index contributed by atoms with van der Waals surface area (Å²) < 4.78 is 5.34. The van der Waals surface area contributed by atoms with Gasteiger partial charge in [0, 0.05) is 13.0 Å². The van der Waals surface area contributed by atoms with Gasteiger partial charge in [-0.2, -0.15) is 0 Å². The summed E-state index contributed by atoms with van der Waals surface area (Å²) in [5.74, 6) is 0.767. The van der Waals surface area contributed by atoms with Gasteiger partial charge in [0.25, 0.3) is 0 Å². The SMILES string of the molecule is CC(O)c1ccc(OCCCO)cc1. The van der Waals surface area contributed by atoms with Crippen molar-refractivity contribution in [2.24, 2.45) is 0 Å². The van der Waals surface area contributed by atoms with Gasteiger partial charge < -0.3 is 14.9 Å². The van der Waals surface area contributed by atoms with E-state index in [0.29, 0.717) is 13.0 Å². The summed E-state index contributed by atoms with van der Waals surface area (Å²) in [4.78, 5) is 0. The topological polar surface area (TPSA) is 49.7 Å². The van der Waals surface area contributed by atoms with Crippen molar-refractivity contribution in [2.75, 3.05) is 13.2 Å². The first-order chi connectivity index (χ1) is 6.74. The zero-order chi connectivity index (χ0) is 10.4. The quantitative estimate of drug-likeness (QED) is 0.702. The van der Waals surface area contributed by atoms with E-state index in [1.807, 2.05) is 24.3 Å². The Balaban J connectivity index is 2.47. The second-order valence-electron chi connectivity index (χ2n) is 3.17. The molecule has 1 atom stereocenters. The van der Waals surface area contributed by atoms with E-state index in [2.05, 4.69) is 0 Å². The summed E-state index contributed by atoms with van der Waals surface area (Å²) >= 11 is 0. The Labute approximate surface area is 84.0 Å². The average molecular weight is 196 g/mol. The lowest BCUT2D eigenvalue weighted by molar-refractivity contribution is 0.199. The van der Waals surface area contributed by atoms with Gasteiger partial charge in [-0.1, -0.05) is 12.1 Å². The van der Waals surface area contributed by atoms with E-state index >= 15 is 0 Å². The van der Waals surface area contributed by atoms with Gasteiger partial charge in [-0.15, -0.1) is 0 Å². The highest BCUT2D eigenvalue weighted by Crippen LogP contribution is 2.17. The van der Waals surface area contributed by atoms with E-state index in [-0.39, 0.29) is 6.61 Å². The fourth-order valence-electron chi connectivity index (χ4n) is 1.10. The predicted octanol–water partition coefficient (Wildman–Crippen LogP) is 1.50. The van der Waals surface area contributed by atoms with Gasteiger partial charge in [0.1, 0.15) is 5.75 Å². The van der Waals surface area contributed by atoms with E-state index in [0.717, 1.165) is 11.3 Å². The Morgan fingerprint density at radius 3 is 2.43 bits per heavy atom. The minimum Gasteiger partial charge on any atom is -0.494 e. The molecule has 1 unspecified atom stereocenters. The number of aliphatic hydroxyl groups is 2. The van der Waals surface area contributed by atoms with Crippen LogP contribution >= 0.6 is 0 Å². The highest BCUT2D eigenvalue weighted by molar-refractivity contribution is 5.28. The molecule has 1 rings (SSSR count). The highest BCUT2D eigenvalue weighted by Gasteiger charge is 2.00. The third kappa shape index (κ3) is 3.36. The Morgan fingerprint density at radius 1 is 1.29 bits per heavy atom. The molecule has 1 aromatic rings. The molecule has 0 aliphatic carbocycles. The number of benzene rings is 1. The molecule has 1 aromatic carbocycles. The van der Waals surface area contributed by atoms with Crippen molar-refractivity contribution in [3.63, 3.8) is 0 Å². The molecule has 2 N–H and O–H groups in total. The van der Waals surface area contributed by atoms with E-state index in [1.165, 1.54) is 0 Å². The van der Waals surface area contributed by atoms with Crippen LogP contribution in [0.4, 0.5) is 0 Å². The van der Waals surface area contributed by atoms with Crippen LogP contribution in [0.25, 0.3) is 0 Å². The Bertz CT molecular complexity index is 254. The number of ether oxygens (including phenoxy) is 1. The second kappa shape index (κ2) is 5.62. The fraction of sp³-hybridized carbons (Fsp3) is 0.455. The molecular formula is C11H16O3. The van der Waals surface area contributed by atoms with Crippen molar-refractivity contribution in [1.82, 2.24) is 0 Å². The van der Waals surface area contributed by atoms with Gasteiger partial charge in [-0.05, 0) is 24.6 Å². The molecule has 0 bridgehead atoms. The molecule has 0 saturated heterocycles. The van der Waals surface area contributed by atoms with Crippen molar-refractivity contribution in [1.29, 1.82) is 0 Å². The van der Waals surface area contributed by atoms with Gasteiger partial charge in [0.15, 0.2) is 0 Å². The molecule has 78 valence electrons. The molecule has 0 aliphatic heterocycles. The summed E-state index contributed by atoms with van der Waals surface area (Å²) in [6.45, 7) is 2.39.